The third-order valence-electron chi connectivity index (χ3n) is 2.39. The summed E-state index contributed by atoms with van der Waals surface area (Å²) >= 11 is 1.42. The van der Waals surface area contributed by atoms with Crippen LogP contribution in [0.1, 0.15) is 27.7 Å². The number of nitrogens with one attached hydrogen (secondary N) is 1. The Labute approximate surface area is 117 Å². The Balaban J connectivity index is 0.000000861. The molecule has 0 saturated carbocycles. The lowest BCUT2D eigenvalue weighted by atomic mass is 10.1. The molecular weight excluding hydrogens is 263 g/mol. The van der Waals surface area contributed by atoms with Gasteiger partial charge in [-0.25, -0.2) is 9.38 Å². The van der Waals surface area contributed by atoms with E-state index in [2.05, 4.69) is 10.3 Å². The van der Waals surface area contributed by atoms with Gasteiger partial charge in [-0.2, -0.15) is 0 Å². The van der Waals surface area contributed by atoms with Gasteiger partial charge in [0.15, 0.2) is 5.17 Å². The van der Waals surface area contributed by atoms with Crippen LogP contribution in [-0.2, 0) is 4.79 Å². The van der Waals surface area contributed by atoms with E-state index in [-0.39, 0.29) is 22.9 Å². The molecule has 19 heavy (non-hydrogen) atoms. The second-order valence-corrected chi connectivity index (χ2v) is 5.30. The number of aliphatic imine (C=N–C) groups is 1. The zero-order valence-corrected chi connectivity index (χ0v) is 12.4. The van der Waals surface area contributed by atoms with Crippen molar-refractivity contribution in [2.45, 2.75) is 32.9 Å². The van der Waals surface area contributed by atoms with Crippen molar-refractivity contribution in [1.82, 2.24) is 5.32 Å². The fraction of sp³-hybridized carbons (Fsp3) is 0.429. The molecule has 0 bridgehead atoms. The topological polar surface area (TPSA) is 41.5 Å². The van der Waals surface area contributed by atoms with Gasteiger partial charge in [0.25, 0.3) is 0 Å². The number of hydrogen-bond acceptors (Lipinski definition) is 3. The summed E-state index contributed by atoms with van der Waals surface area (Å²) in [5.41, 5.74) is 0.638. The van der Waals surface area contributed by atoms with Crippen LogP contribution < -0.4 is 5.32 Å². The van der Waals surface area contributed by atoms with E-state index in [4.69, 9.17) is 0 Å². The second kappa shape index (κ2) is 7.28. The van der Waals surface area contributed by atoms with Gasteiger partial charge in [-0.05, 0) is 30.2 Å². The van der Waals surface area contributed by atoms with Gasteiger partial charge < -0.3 is 5.32 Å². The van der Waals surface area contributed by atoms with Gasteiger partial charge in [0.1, 0.15) is 5.82 Å². The van der Waals surface area contributed by atoms with Crippen LogP contribution in [0.25, 0.3) is 0 Å². The first-order chi connectivity index (χ1) is 9.06. The molecule has 3 nitrogen and oxygen atoms in total. The zero-order valence-electron chi connectivity index (χ0n) is 11.6. The predicted molar refractivity (Wildman–Crippen MR) is 79.2 cm³/mol. The maximum absolute atomic E-state index is 12.7. The minimum absolute atomic E-state index is 0.00846. The van der Waals surface area contributed by atoms with Crippen LogP contribution in [0.2, 0.25) is 0 Å². The molecule has 0 radical (unpaired) electrons. The van der Waals surface area contributed by atoms with E-state index in [9.17, 15) is 9.18 Å². The third kappa shape index (κ3) is 4.35. The monoisotopic (exact) mass is 282 g/mol. The average Bonchev–Trinajstić information content (AvgIpc) is 2.76. The summed E-state index contributed by atoms with van der Waals surface area (Å²) in [5, 5.41) is 3.22. The molecule has 1 fully saturated rings. The van der Waals surface area contributed by atoms with Crippen molar-refractivity contribution in [2.24, 2.45) is 10.9 Å². The van der Waals surface area contributed by atoms with Gasteiger partial charge >= 0.3 is 0 Å². The summed E-state index contributed by atoms with van der Waals surface area (Å²) in [7, 11) is 0. The van der Waals surface area contributed by atoms with Gasteiger partial charge in [0.2, 0.25) is 5.91 Å². The first kappa shape index (κ1) is 15.7. The molecule has 1 N–H and O–H groups in total. The lowest BCUT2D eigenvalue weighted by molar-refractivity contribution is -0.119. The van der Waals surface area contributed by atoms with Crippen molar-refractivity contribution < 1.29 is 9.18 Å². The van der Waals surface area contributed by atoms with Crippen LogP contribution in [0.5, 0.6) is 0 Å². The molecule has 0 aliphatic carbocycles. The molecule has 1 atom stereocenters. The molecule has 1 amide bonds. The molecule has 1 aliphatic rings. The number of thioether (sulfide) groups is 1. The normalized spacial score (nSPS) is 20.2. The Kier molecular flexibility index (Phi) is 6.02. The van der Waals surface area contributed by atoms with Crippen molar-refractivity contribution in [3.8, 4) is 0 Å². The average molecular weight is 282 g/mol. The quantitative estimate of drug-likeness (QED) is 0.898. The maximum Gasteiger partial charge on any atom is 0.239 e. The molecular formula is C14H19FN2OS. The third-order valence-corrected chi connectivity index (χ3v) is 3.82. The van der Waals surface area contributed by atoms with Gasteiger partial charge in [0.05, 0.1) is 10.9 Å². The zero-order chi connectivity index (χ0) is 14.4. The molecule has 5 heteroatoms. The number of benzene rings is 1. The molecule has 2 rings (SSSR count). The lowest BCUT2D eigenvalue weighted by Crippen LogP contribution is -2.27. The number of amidine groups is 1. The summed E-state index contributed by atoms with van der Waals surface area (Å²) in [5.74, 6) is -0.0381. The minimum atomic E-state index is -0.294. The van der Waals surface area contributed by atoms with Gasteiger partial charge in [0, 0.05) is 0 Å². The van der Waals surface area contributed by atoms with E-state index in [1.165, 1.54) is 23.9 Å². The highest BCUT2D eigenvalue weighted by molar-refractivity contribution is 8.15. The standard InChI is InChI=1S/C12H13FN2OS.C2H6/c1-7(2)10-11(16)15-12(17-10)14-9-5-3-8(13)4-6-9;1-2/h3-7,10H,1-2H3,(H,14,15,16);1-2H3. The molecule has 104 valence electrons. The molecule has 1 aromatic rings. The van der Waals surface area contributed by atoms with Crippen molar-refractivity contribution in [3.63, 3.8) is 0 Å². The van der Waals surface area contributed by atoms with Gasteiger partial charge in [-0.1, -0.05) is 39.5 Å². The van der Waals surface area contributed by atoms with Crippen LogP contribution in [0.3, 0.4) is 0 Å². The molecule has 1 heterocycles. The Morgan fingerprint density at radius 3 is 2.32 bits per heavy atom. The number of amides is 1. The number of hydrogen-bond donors (Lipinski definition) is 1. The number of carbonyl (C=O) groups is 1. The van der Waals surface area contributed by atoms with Crippen LogP contribution in [-0.4, -0.2) is 16.3 Å². The van der Waals surface area contributed by atoms with Crippen LogP contribution in [0.4, 0.5) is 10.1 Å². The smallest absolute Gasteiger partial charge is 0.239 e. The Morgan fingerprint density at radius 1 is 1.26 bits per heavy atom. The van der Waals surface area contributed by atoms with Crippen molar-refractivity contribution in [1.29, 1.82) is 0 Å². The van der Waals surface area contributed by atoms with E-state index >= 15 is 0 Å². The predicted octanol–water partition coefficient (Wildman–Crippen LogP) is 3.73. The first-order valence-electron chi connectivity index (χ1n) is 6.38. The maximum atomic E-state index is 12.7. The van der Waals surface area contributed by atoms with E-state index in [1.54, 1.807) is 12.1 Å². The molecule has 0 aromatic heterocycles. The molecule has 1 aliphatic heterocycles. The van der Waals surface area contributed by atoms with Crippen molar-refractivity contribution in [2.75, 3.05) is 0 Å². The Hall–Kier alpha value is -1.36. The fourth-order valence-corrected chi connectivity index (χ4v) is 2.50. The summed E-state index contributed by atoms with van der Waals surface area (Å²) < 4.78 is 12.7. The van der Waals surface area contributed by atoms with Crippen molar-refractivity contribution >= 4 is 28.5 Å². The molecule has 1 unspecified atom stereocenters. The van der Waals surface area contributed by atoms with E-state index in [0.717, 1.165) is 0 Å². The highest BCUT2D eigenvalue weighted by Crippen LogP contribution is 2.27. The Bertz CT molecular complexity index is 457. The van der Waals surface area contributed by atoms with Gasteiger partial charge in [-0.3, -0.25) is 4.79 Å². The van der Waals surface area contributed by atoms with E-state index < -0.39 is 0 Å². The van der Waals surface area contributed by atoms with Crippen LogP contribution >= 0.6 is 11.8 Å². The number of carbonyl (C=O) groups excluding carboxylic acids is 1. The fourth-order valence-electron chi connectivity index (χ4n) is 1.51. The van der Waals surface area contributed by atoms with Crippen LogP contribution in [0, 0.1) is 11.7 Å². The summed E-state index contributed by atoms with van der Waals surface area (Å²) in [4.78, 5) is 15.9. The summed E-state index contributed by atoms with van der Waals surface area (Å²) in [6, 6.07) is 5.86. The molecule has 1 saturated heterocycles. The van der Waals surface area contributed by atoms with Crippen molar-refractivity contribution in [3.05, 3.63) is 30.1 Å². The van der Waals surface area contributed by atoms with E-state index in [1.807, 2.05) is 27.7 Å². The largest absolute Gasteiger partial charge is 0.304 e. The first-order valence-corrected chi connectivity index (χ1v) is 7.26. The van der Waals surface area contributed by atoms with E-state index in [0.29, 0.717) is 10.9 Å². The summed E-state index contributed by atoms with van der Waals surface area (Å²) in [6.45, 7) is 8.00. The Morgan fingerprint density at radius 2 is 1.84 bits per heavy atom. The SMILES string of the molecule is CC.CC(C)C1SC(=Nc2ccc(F)cc2)NC1=O. The van der Waals surface area contributed by atoms with Gasteiger partial charge in [-0.15, -0.1) is 0 Å². The highest BCUT2D eigenvalue weighted by atomic mass is 32.2. The molecule has 1 aromatic carbocycles. The number of halogens is 1. The number of nitrogens with zero attached hydrogens (tertiary/aromatic N) is 1. The van der Waals surface area contributed by atoms with Crippen LogP contribution in [0.15, 0.2) is 29.3 Å². The second-order valence-electron chi connectivity index (χ2n) is 4.17. The summed E-state index contributed by atoms with van der Waals surface area (Å²) in [6.07, 6.45) is 0. The molecule has 0 spiro atoms. The highest BCUT2D eigenvalue weighted by Gasteiger charge is 2.32. The minimum Gasteiger partial charge on any atom is -0.304 e. The lowest BCUT2D eigenvalue weighted by Gasteiger charge is -2.07. The number of rotatable bonds is 2.